The molecule has 2 aromatic rings. The lowest BCUT2D eigenvalue weighted by molar-refractivity contribution is -0.173. The zero-order chi connectivity index (χ0) is 21.2. The number of hydrogen-bond acceptors (Lipinski definition) is 6. The largest absolute Gasteiger partial charge is 0.497 e. The van der Waals surface area contributed by atoms with Crippen molar-refractivity contribution in [3.63, 3.8) is 0 Å². The molecule has 11 heteroatoms. The Morgan fingerprint density at radius 3 is 2.62 bits per heavy atom. The maximum atomic E-state index is 13.2. The highest BCUT2D eigenvalue weighted by atomic mass is 19.4. The first-order valence-corrected chi connectivity index (χ1v) is 8.71. The van der Waals surface area contributed by atoms with Crippen LogP contribution in [0.2, 0.25) is 0 Å². The van der Waals surface area contributed by atoms with E-state index < -0.39 is 36.7 Å². The summed E-state index contributed by atoms with van der Waals surface area (Å²) in [5, 5.41) is 9.10. The SMILES string of the molecule is COc1ccc(NC(=O)COC(=O)c2cc3n(n2)C(C(F)(F)F)CC(C)N3)cc1. The second-order valence-electron chi connectivity index (χ2n) is 6.55. The predicted octanol–water partition coefficient (Wildman–Crippen LogP) is 2.99. The van der Waals surface area contributed by atoms with E-state index in [0.29, 0.717) is 11.4 Å². The summed E-state index contributed by atoms with van der Waals surface area (Å²) in [4.78, 5) is 24.1. The fourth-order valence-corrected chi connectivity index (χ4v) is 2.93. The Bertz CT molecular complexity index is 896. The molecule has 0 radical (unpaired) electrons. The van der Waals surface area contributed by atoms with Crippen molar-refractivity contribution >= 4 is 23.4 Å². The van der Waals surface area contributed by atoms with Gasteiger partial charge in [-0.1, -0.05) is 0 Å². The molecule has 2 unspecified atom stereocenters. The molecule has 0 fully saturated rings. The van der Waals surface area contributed by atoms with Crippen LogP contribution in [0.4, 0.5) is 24.7 Å². The van der Waals surface area contributed by atoms with Gasteiger partial charge >= 0.3 is 12.1 Å². The predicted molar refractivity (Wildman–Crippen MR) is 96.9 cm³/mol. The molecule has 1 aromatic carbocycles. The summed E-state index contributed by atoms with van der Waals surface area (Å²) >= 11 is 0. The maximum absolute atomic E-state index is 13.2. The van der Waals surface area contributed by atoms with Crippen LogP contribution in [0.1, 0.15) is 29.9 Å². The summed E-state index contributed by atoms with van der Waals surface area (Å²) in [6.45, 7) is 0.996. The quantitative estimate of drug-likeness (QED) is 0.734. The first-order valence-electron chi connectivity index (χ1n) is 8.71. The molecule has 2 N–H and O–H groups in total. The van der Waals surface area contributed by atoms with Gasteiger partial charge in [0.05, 0.1) is 7.11 Å². The number of carbonyl (C=O) groups excluding carboxylic acids is 2. The van der Waals surface area contributed by atoms with Gasteiger partial charge in [-0.2, -0.15) is 18.3 Å². The van der Waals surface area contributed by atoms with E-state index in [2.05, 4.69) is 15.7 Å². The van der Waals surface area contributed by atoms with Crippen LogP contribution >= 0.6 is 0 Å². The van der Waals surface area contributed by atoms with Crippen molar-refractivity contribution in [2.45, 2.75) is 31.6 Å². The van der Waals surface area contributed by atoms with Crippen molar-refractivity contribution in [2.24, 2.45) is 0 Å². The monoisotopic (exact) mass is 412 g/mol. The number of carbonyl (C=O) groups is 2. The van der Waals surface area contributed by atoms with Gasteiger partial charge in [0.25, 0.3) is 5.91 Å². The summed E-state index contributed by atoms with van der Waals surface area (Å²) in [5.74, 6) is -0.918. The number of halogens is 3. The van der Waals surface area contributed by atoms with E-state index >= 15 is 0 Å². The third-order valence-corrected chi connectivity index (χ3v) is 4.30. The van der Waals surface area contributed by atoms with Crippen molar-refractivity contribution in [1.82, 2.24) is 9.78 Å². The second-order valence-corrected chi connectivity index (χ2v) is 6.55. The molecule has 29 heavy (non-hydrogen) atoms. The fraction of sp³-hybridized carbons (Fsp3) is 0.389. The third-order valence-electron chi connectivity index (χ3n) is 4.30. The number of nitrogens with one attached hydrogen (secondary N) is 2. The van der Waals surface area contributed by atoms with Crippen molar-refractivity contribution in [3.8, 4) is 5.75 Å². The molecule has 0 saturated heterocycles. The number of amides is 1. The van der Waals surface area contributed by atoms with Crippen molar-refractivity contribution < 1.29 is 32.2 Å². The Kier molecular flexibility index (Phi) is 5.66. The molecule has 3 rings (SSSR count). The van der Waals surface area contributed by atoms with E-state index in [1.807, 2.05) is 0 Å². The number of alkyl halides is 3. The minimum Gasteiger partial charge on any atom is -0.497 e. The molecule has 8 nitrogen and oxygen atoms in total. The highest BCUT2D eigenvalue weighted by Crippen LogP contribution is 2.39. The summed E-state index contributed by atoms with van der Waals surface area (Å²) in [7, 11) is 1.51. The van der Waals surface area contributed by atoms with E-state index in [9.17, 15) is 22.8 Å². The number of ether oxygens (including phenoxy) is 2. The molecule has 156 valence electrons. The molecule has 1 aliphatic heterocycles. The lowest BCUT2D eigenvalue weighted by atomic mass is 10.1. The lowest BCUT2D eigenvalue weighted by Gasteiger charge is -2.31. The molecule has 1 aliphatic rings. The van der Waals surface area contributed by atoms with Crippen LogP contribution in [0.25, 0.3) is 0 Å². The van der Waals surface area contributed by atoms with Crippen LogP contribution in [0.15, 0.2) is 30.3 Å². The smallest absolute Gasteiger partial charge is 0.410 e. The van der Waals surface area contributed by atoms with Gasteiger partial charge in [0.15, 0.2) is 18.3 Å². The average molecular weight is 412 g/mol. The topological polar surface area (TPSA) is 94.5 Å². The molecule has 0 bridgehead atoms. The maximum Gasteiger partial charge on any atom is 0.410 e. The summed E-state index contributed by atoms with van der Waals surface area (Å²) in [5.41, 5.74) is 0.156. The Balaban J connectivity index is 1.62. The van der Waals surface area contributed by atoms with Crippen molar-refractivity contribution in [1.29, 1.82) is 0 Å². The van der Waals surface area contributed by atoms with Crippen LogP contribution in [0, 0.1) is 0 Å². The number of esters is 1. The standard InChI is InChI=1S/C18H19F3N4O4/c1-10-7-14(18(19,20)21)25-15(22-10)8-13(24-25)17(27)29-9-16(26)23-11-3-5-12(28-2)6-4-11/h3-6,8,10,14,22H,7,9H2,1-2H3,(H,23,26). The molecule has 1 amide bonds. The van der Waals surface area contributed by atoms with E-state index in [-0.39, 0.29) is 17.9 Å². The average Bonchev–Trinajstić information content (AvgIpc) is 3.09. The van der Waals surface area contributed by atoms with Gasteiger partial charge in [0.1, 0.15) is 11.6 Å². The van der Waals surface area contributed by atoms with Gasteiger partial charge in [0, 0.05) is 17.8 Å². The number of fused-ring (bicyclic) bond motifs is 1. The number of methoxy groups -OCH3 is 1. The van der Waals surface area contributed by atoms with E-state index in [4.69, 9.17) is 9.47 Å². The number of rotatable bonds is 5. The van der Waals surface area contributed by atoms with Crippen LogP contribution in [0.3, 0.4) is 0 Å². The Morgan fingerprint density at radius 1 is 1.31 bits per heavy atom. The highest BCUT2D eigenvalue weighted by Gasteiger charge is 2.45. The molecule has 2 heterocycles. The van der Waals surface area contributed by atoms with Crippen LogP contribution in [-0.4, -0.2) is 47.6 Å². The van der Waals surface area contributed by atoms with Crippen LogP contribution in [-0.2, 0) is 9.53 Å². The van der Waals surface area contributed by atoms with Gasteiger partial charge in [-0.15, -0.1) is 0 Å². The summed E-state index contributed by atoms with van der Waals surface area (Å²) in [6.07, 6.45) is -4.71. The first kappa shape index (κ1) is 20.5. The number of benzene rings is 1. The molecular formula is C18H19F3N4O4. The van der Waals surface area contributed by atoms with Gasteiger partial charge in [-0.05, 0) is 37.6 Å². The molecule has 0 aliphatic carbocycles. The van der Waals surface area contributed by atoms with Gasteiger partial charge in [-0.3, -0.25) is 4.79 Å². The molecule has 1 aromatic heterocycles. The van der Waals surface area contributed by atoms with Gasteiger partial charge in [-0.25, -0.2) is 9.48 Å². The van der Waals surface area contributed by atoms with Gasteiger partial charge in [0.2, 0.25) is 0 Å². The first-order chi connectivity index (χ1) is 13.7. The Morgan fingerprint density at radius 2 is 2.00 bits per heavy atom. The van der Waals surface area contributed by atoms with Crippen LogP contribution < -0.4 is 15.4 Å². The van der Waals surface area contributed by atoms with E-state index in [1.165, 1.54) is 13.2 Å². The molecule has 0 spiro atoms. The zero-order valence-corrected chi connectivity index (χ0v) is 15.6. The fourth-order valence-electron chi connectivity index (χ4n) is 2.93. The number of anilines is 2. The van der Waals surface area contributed by atoms with Crippen molar-refractivity contribution in [2.75, 3.05) is 24.4 Å². The number of nitrogens with zero attached hydrogens (tertiary/aromatic N) is 2. The summed E-state index contributed by atoms with van der Waals surface area (Å²) in [6, 6.07) is 5.39. The second kappa shape index (κ2) is 8.02. The lowest BCUT2D eigenvalue weighted by Crippen LogP contribution is -2.37. The number of aromatic nitrogens is 2. The Hall–Kier alpha value is -3.24. The Labute approximate surface area is 164 Å². The van der Waals surface area contributed by atoms with Gasteiger partial charge < -0.3 is 20.1 Å². The van der Waals surface area contributed by atoms with Crippen molar-refractivity contribution in [3.05, 3.63) is 36.0 Å². The summed E-state index contributed by atoms with van der Waals surface area (Å²) < 4.78 is 50.3. The third kappa shape index (κ3) is 4.79. The molecular weight excluding hydrogens is 393 g/mol. The number of hydrogen-bond donors (Lipinski definition) is 2. The molecule has 0 saturated carbocycles. The van der Waals surface area contributed by atoms with E-state index in [0.717, 1.165) is 4.68 Å². The minimum atomic E-state index is -4.50. The zero-order valence-electron chi connectivity index (χ0n) is 15.6. The normalized spacial score (nSPS) is 18.4. The van der Waals surface area contributed by atoms with Crippen LogP contribution in [0.5, 0.6) is 5.75 Å². The minimum absolute atomic E-state index is 0.0701. The van der Waals surface area contributed by atoms with E-state index in [1.54, 1.807) is 31.2 Å². The highest BCUT2D eigenvalue weighted by molar-refractivity contribution is 5.95. The molecule has 2 atom stereocenters.